The Morgan fingerprint density at radius 2 is 1.61 bits per heavy atom. The second-order valence-electron chi connectivity index (χ2n) is 7.68. The largest absolute Gasteiger partial charge is 0.449 e. The number of alkyl halides is 3. The number of ether oxygens (including phenoxy) is 1. The molecule has 0 aromatic heterocycles. The van der Waals surface area contributed by atoms with Gasteiger partial charge in [-0.2, -0.15) is 13.2 Å². The fourth-order valence-corrected chi connectivity index (χ4v) is 3.99. The zero-order valence-electron chi connectivity index (χ0n) is 17.5. The van der Waals surface area contributed by atoms with Gasteiger partial charge in [-0.3, -0.25) is 0 Å². The van der Waals surface area contributed by atoms with Crippen LogP contribution in [0.2, 0.25) is 0 Å². The SMILES string of the molecule is O=C(NCCC=Cc1ccc(F)c(C(F)(F)F)c1)OCC1c2ccccc2-c2ccccc21. The number of hydrogen-bond acceptors (Lipinski definition) is 2. The average Bonchev–Trinajstić information content (AvgIpc) is 3.11. The van der Waals surface area contributed by atoms with Gasteiger partial charge in [0.1, 0.15) is 12.4 Å². The molecule has 170 valence electrons. The maximum atomic E-state index is 13.3. The van der Waals surface area contributed by atoms with Crippen molar-refractivity contribution < 1.29 is 27.1 Å². The monoisotopic (exact) mass is 455 g/mol. The van der Waals surface area contributed by atoms with Crippen molar-refractivity contribution in [2.75, 3.05) is 13.2 Å². The first-order valence-electron chi connectivity index (χ1n) is 10.5. The van der Waals surface area contributed by atoms with E-state index in [1.165, 1.54) is 12.1 Å². The molecule has 0 heterocycles. The fraction of sp³-hybridized carbons (Fsp3) is 0.192. The van der Waals surface area contributed by atoms with Gasteiger partial charge in [0.2, 0.25) is 0 Å². The summed E-state index contributed by atoms with van der Waals surface area (Å²) < 4.78 is 57.1. The lowest BCUT2D eigenvalue weighted by molar-refractivity contribution is -0.140. The van der Waals surface area contributed by atoms with Crippen LogP contribution in [0.15, 0.2) is 72.8 Å². The summed E-state index contributed by atoms with van der Waals surface area (Å²) in [5, 5.41) is 2.63. The minimum absolute atomic E-state index is 0.0376. The molecule has 0 radical (unpaired) electrons. The molecule has 0 unspecified atom stereocenters. The molecular weight excluding hydrogens is 434 g/mol. The van der Waals surface area contributed by atoms with Gasteiger partial charge in [-0.1, -0.05) is 66.7 Å². The van der Waals surface area contributed by atoms with E-state index in [1.807, 2.05) is 36.4 Å². The summed E-state index contributed by atoms with van der Waals surface area (Å²) >= 11 is 0. The van der Waals surface area contributed by atoms with Crippen molar-refractivity contribution in [1.82, 2.24) is 5.32 Å². The van der Waals surface area contributed by atoms with Crippen molar-refractivity contribution in [3.05, 3.63) is 101 Å². The zero-order valence-corrected chi connectivity index (χ0v) is 17.5. The molecule has 1 amide bonds. The highest BCUT2D eigenvalue weighted by Crippen LogP contribution is 2.44. The third kappa shape index (κ3) is 5.08. The van der Waals surface area contributed by atoms with Crippen LogP contribution in [0, 0.1) is 5.82 Å². The third-order valence-electron chi connectivity index (χ3n) is 5.53. The third-order valence-corrected chi connectivity index (χ3v) is 5.53. The molecule has 4 rings (SSSR count). The van der Waals surface area contributed by atoms with Gasteiger partial charge in [-0.05, 0) is 46.4 Å². The lowest BCUT2D eigenvalue weighted by Crippen LogP contribution is -2.26. The Balaban J connectivity index is 1.27. The van der Waals surface area contributed by atoms with Gasteiger partial charge in [0.15, 0.2) is 0 Å². The Morgan fingerprint density at radius 1 is 0.970 bits per heavy atom. The van der Waals surface area contributed by atoms with Gasteiger partial charge < -0.3 is 10.1 Å². The Morgan fingerprint density at radius 3 is 2.24 bits per heavy atom. The second kappa shape index (κ2) is 9.48. The van der Waals surface area contributed by atoms with Crippen molar-refractivity contribution in [1.29, 1.82) is 0 Å². The van der Waals surface area contributed by atoms with Crippen molar-refractivity contribution in [2.24, 2.45) is 0 Å². The zero-order chi connectivity index (χ0) is 23.4. The fourth-order valence-electron chi connectivity index (χ4n) is 3.99. The topological polar surface area (TPSA) is 38.3 Å². The van der Waals surface area contributed by atoms with Crippen molar-refractivity contribution in [2.45, 2.75) is 18.5 Å². The molecule has 3 nitrogen and oxygen atoms in total. The smallest absolute Gasteiger partial charge is 0.419 e. The van der Waals surface area contributed by atoms with Crippen LogP contribution in [0.25, 0.3) is 17.2 Å². The van der Waals surface area contributed by atoms with Crippen LogP contribution in [0.3, 0.4) is 0 Å². The molecule has 0 saturated heterocycles. The van der Waals surface area contributed by atoms with E-state index in [2.05, 4.69) is 17.4 Å². The predicted molar refractivity (Wildman–Crippen MR) is 118 cm³/mol. The minimum Gasteiger partial charge on any atom is -0.449 e. The molecule has 33 heavy (non-hydrogen) atoms. The number of carbonyl (C=O) groups is 1. The second-order valence-corrected chi connectivity index (χ2v) is 7.68. The molecule has 7 heteroatoms. The number of hydrogen-bond donors (Lipinski definition) is 1. The first-order chi connectivity index (χ1) is 15.8. The standard InChI is InChI=1S/C26H21F4NO2/c27-24-13-12-17(15-23(24)26(28,29)30)7-5-6-14-31-25(32)33-16-22-20-10-3-1-8-18(20)19-9-2-4-11-21(19)22/h1-5,7-13,15,22H,6,14,16H2,(H,31,32). The normalized spacial score (nSPS) is 13.1. The maximum absolute atomic E-state index is 13.3. The number of carbonyl (C=O) groups excluding carboxylic acids is 1. The number of halogens is 4. The number of fused-ring (bicyclic) bond motifs is 3. The summed E-state index contributed by atoms with van der Waals surface area (Å²) in [4.78, 5) is 12.1. The first-order valence-corrected chi connectivity index (χ1v) is 10.5. The Bertz CT molecular complexity index is 1140. The summed E-state index contributed by atoms with van der Waals surface area (Å²) in [5.74, 6) is -1.35. The van der Waals surface area contributed by atoms with E-state index in [-0.39, 0.29) is 24.6 Å². The van der Waals surface area contributed by atoms with E-state index in [9.17, 15) is 22.4 Å². The molecule has 0 fully saturated rings. The lowest BCUT2D eigenvalue weighted by Gasteiger charge is -2.14. The molecule has 3 aromatic carbocycles. The molecule has 3 aromatic rings. The Kier molecular flexibility index (Phi) is 6.49. The van der Waals surface area contributed by atoms with Crippen molar-refractivity contribution in [3.63, 3.8) is 0 Å². The lowest BCUT2D eigenvalue weighted by atomic mass is 9.98. The van der Waals surface area contributed by atoms with Crippen LogP contribution in [0.4, 0.5) is 22.4 Å². The summed E-state index contributed by atoms with van der Waals surface area (Å²) in [5.41, 5.74) is 3.44. The van der Waals surface area contributed by atoms with E-state index < -0.39 is 23.7 Å². The van der Waals surface area contributed by atoms with Crippen LogP contribution in [0.5, 0.6) is 0 Å². The number of nitrogens with one attached hydrogen (secondary N) is 1. The predicted octanol–water partition coefficient (Wildman–Crippen LogP) is 6.79. The molecule has 0 bridgehead atoms. The van der Waals surface area contributed by atoms with Gasteiger partial charge in [-0.25, -0.2) is 9.18 Å². The number of rotatable bonds is 6. The number of amides is 1. The van der Waals surface area contributed by atoms with Crippen molar-refractivity contribution in [3.8, 4) is 11.1 Å². The summed E-state index contributed by atoms with van der Waals surface area (Å²) in [6.45, 7) is 0.450. The highest BCUT2D eigenvalue weighted by atomic mass is 19.4. The van der Waals surface area contributed by atoms with Crippen LogP contribution >= 0.6 is 0 Å². The van der Waals surface area contributed by atoms with Crippen LogP contribution in [-0.2, 0) is 10.9 Å². The summed E-state index contributed by atoms with van der Waals surface area (Å²) in [6, 6.07) is 18.9. The van der Waals surface area contributed by atoms with E-state index in [1.54, 1.807) is 6.08 Å². The molecule has 0 atom stereocenters. The first kappa shape index (κ1) is 22.6. The van der Waals surface area contributed by atoms with Crippen LogP contribution in [-0.4, -0.2) is 19.2 Å². The molecule has 0 aliphatic heterocycles. The van der Waals surface area contributed by atoms with Gasteiger partial charge in [-0.15, -0.1) is 0 Å². The Hall–Kier alpha value is -3.61. The highest BCUT2D eigenvalue weighted by Gasteiger charge is 2.34. The molecule has 1 aliphatic carbocycles. The van der Waals surface area contributed by atoms with Gasteiger partial charge in [0.05, 0.1) is 5.56 Å². The molecule has 1 N–H and O–H groups in total. The van der Waals surface area contributed by atoms with E-state index in [4.69, 9.17) is 4.74 Å². The maximum Gasteiger partial charge on any atom is 0.419 e. The highest BCUT2D eigenvalue weighted by molar-refractivity contribution is 5.79. The van der Waals surface area contributed by atoms with Crippen LogP contribution < -0.4 is 5.32 Å². The Labute approximate surface area is 188 Å². The average molecular weight is 455 g/mol. The van der Waals surface area contributed by atoms with Crippen molar-refractivity contribution >= 4 is 12.2 Å². The minimum atomic E-state index is -4.75. The molecule has 0 saturated carbocycles. The summed E-state index contributed by atoms with van der Waals surface area (Å²) in [7, 11) is 0. The summed E-state index contributed by atoms with van der Waals surface area (Å²) in [6.07, 6.45) is -1.88. The molecule has 0 spiro atoms. The van der Waals surface area contributed by atoms with Gasteiger partial charge in [0, 0.05) is 12.5 Å². The number of benzene rings is 3. The van der Waals surface area contributed by atoms with Crippen LogP contribution in [0.1, 0.15) is 34.6 Å². The van der Waals surface area contributed by atoms with Gasteiger partial charge >= 0.3 is 12.3 Å². The molecular formula is C26H21F4NO2. The quantitative estimate of drug-likeness (QED) is 0.328. The van der Waals surface area contributed by atoms with E-state index >= 15 is 0 Å². The van der Waals surface area contributed by atoms with Gasteiger partial charge in [0.25, 0.3) is 0 Å². The number of alkyl carbamates (subject to hydrolysis) is 1. The van der Waals surface area contributed by atoms with E-state index in [0.29, 0.717) is 6.42 Å². The molecule has 1 aliphatic rings. The van der Waals surface area contributed by atoms with E-state index in [0.717, 1.165) is 34.4 Å².